The van der Waals surface area contributed by atoms with Crippen LogP contribution in [0.15, 0.2) is 47.4 Å². The first kappa shape index (κ1) is 15.9. The summed E-state index contributed by atoms with van der Waals surface area (Å²) < 4.78 is 38.1. The van der Waals surface area contributed by atoms with Crippen LogP contribution in [0.5, 0.6) is 0 Å². The Labute approximate surface area is 126 Å². The summed E-state index contributed by atoms with van der Waals surface area (Å²) in [5.41, 5.74) is 7.76. The lowest BCUT2D eigenvalue weighted by atomic mass is 10.1. The number of thioether (sulfide) groups is 1. The number of benzene rings is 2. The standard InChI is InChI=1S/C16H16F3NS/c1-11-3-2-4-12(7-11)10-21-15-6-5-14(16(17,18)19)8-13(15)9-20/h2-8H,9-10,20H2,1H3. The van der Waals surface area contributed by atoms with E-state index in [2.05, 4.69) is 6.07 Å². The van der Waals surface area contributed by atoms with Crippen molar-refractivity contribution in [1.82, 2.24) is 0 Å². The van der Waals surface area contributed by atoms with Gasteiger partial charge >= 0.3 is 6.18 Å². The Hall–Kier alpha value is -1.46. The van der Waals surface area contributed by atoms with Gasteiger partial charge in [0.1, 0.15) is 0 Å². The lowest BCUT2D eigenvalue weighted by molar-refractivity contribution is -0.137. The molecule has 0 heterocycles. The zero-order valence-electron chi connectivity index (χ0n) is 11.6. The van der Waals surface area contributed by atoms with Crippen LogP contribution >= 0.6 is 11.8 Å². The van der Waals surface area contributed by atoms with Crippen molar-refractivity contribution in [3.8, 4) is 0 Å². The minimum Gasteiger partial charge on any atom is -0.326 e. The Morgan fingerprint density at radius 2 is 1.86 bits per heavy atom. The molecule has 0 bridgehead atoms. The van der Waals surface area contributed by atoms with Crippen molar-refractivity contribution in [3.05, 3.63) is 64.7 Å². The van der Waals surface area contributed by atoms with Gasteiger partial charge in [0.2, 0.25) is 0 Å². The van der Waals surface area contributed by atoms with E-state index >= 15 is 0 Å². The highest BCUT2D eigenvalue weighted by atomic mass is 32.2. The lowest BCUT2D eigenvalue weighted by Gasteiger charge is -2.12. The number of rotatable bonds is 4. The predicted octanol–water partition coefficient (Wildman–Crippen LogP) is 4.76. The minimum absolute atomic E-state index is 0.0973. The molecule has 2 N–H and O–H groups in total. The quantitative estimate of drug-likeness (QED) is 0.824. The van der Waals surface area contributed by atoms with Gasteiger partial charge in [-0.25, -0.2) is 0 Å². The Morgan fingerprint density at radius 1 is 1.10 bits per heavy atom. The summed E-state index contributed by atoms with van der Waals surface area (Å²) in [6.45, 7) is 2.11. The van der Waals surface area contributed by atoms with Crippen LogP contribution in [0.1, 0.15) is 22.3 Å². The molecule has 0 aliphatic heterocycles. The average Bonchev–Trinajstić information content (AvgIpc) is 2.44. The molecular formula is C16H16F3NS. The summed E-state index contributed by atoms with van der Waals surface area (Å²) in [6.07, 6.45) is -4.33. The van der Waals surface area contributed by atoms with Crippen LogP contribution in [-0.2, 0) is 18.5 Å². The largest absolute Gasteiger partial charge is 0.416 e. The highest BCUT2D eigenvalue weighted by molar-refractivity contribution is 7.98. The summed E-state index contributed by atoms with van der Waals surface area (Å²) >= 11 is 1.51. The number of halogens is 3. The molecule has 1 nitrogen and oxygen atoms in total. The maximum absolute atomic E-state index is 12.7. The van der Waals surface area contributed by atoms with Crippen LogP contribution in [0.25, 0.3) is 0 Å². The van der Waals surface area contributed by atoms with E-state index in [-0.39, 0.29) is 6.54 Å². The molecule has 0 unspecified atom stereocenters. The second-order valence-electron chi connectivity index (χ2n) is 4.80. The highest BCUT2D eigenvalue weighted by Gasteiger charge is 2.30. The van der Waals surface area contributed by atoms with Crippen LogP contribution in [0, 0.1) is 6.92 Å². The summed E-state index contributed by atoms with van der Waals surface area (Å²) in [6, 6.07) is 11.8. The van der Waals surface area contributed by atoms with Crippen molar-refractivity contribution in [2.45, 2.75) is 30.3 Å². The molecule has 0 spiro atoms. The maximum Gasteiger partial charge on any atom is 0.416 e. The van der Waals surface area contributed by atoms with Crippen LogP contribution in [0.3, 0.4) is 0 Å². The van der Waals surface area contributed by atoms with Crippen LogP contribution in [0.2, 0.25) is 0 Å². The Balaban J connectivity index is 2.16. The lowest BCUT2D eigenvalue weighted by Crippen LogP contribution is -2.07. The SMILES string of the molecule is Cc1cccc(CSc2ccc(C(F)(F)F)cc2CN)c1. The van der Waals surface area contributed by atoms with Gasteiger partial charge in [0.15, 0.2) is 0 Å². The molecule has 0 aliphatic carbocycles. The second kappa shape index (κ2) is 6.54. The van der Waals surface area contributed by atoms with E-state index in [1.807, 2.05) is 25.1 Å². The average molecular weight is 311 g/mol. The smallest absolute Gasteiger partial charge is 0.326 e. The third-order valence-corrected chi connectivity index (χ3v) is 4.27. The molecule has 2 rings (SSSR count). The summed E-state index contributed by atoms with van der Waals surface area (Å²) in [4.78, 5) is 0.798. The van der Waals surface area contributed by atoms with Crippen molar-refractivity contribution in [3.63, 3.8) is 0 Å². The number of nitrogens with two attached hydrogens (primary N) is 1. The Morgan fingerprint density at radius 3 is 2.48 bits per heavy atom. The van der Waals surface area contributed by atoms with Crippen molar-refractivity contribution >= 4 is 11.8 Å². The number of aryl methyl sites for hydroxylation is 1. The van der Waals surface area contributed by atoms with Crippen molar-refractivity contribution in [1.29, 1.82) is 0 Å². The van der Waals surface area contributed by atoms with Gasteiger partial charge in [-0.05, 0) is 36.2 Å². The van der Waals surface area contributed by atoms with Gasteiger partial charge < -0.3 is 5.73 Å². The Kier molecular flexibility index (Phi) is 4.96. The number of alkyl halides is 3. The summed E-state index contributed by atoms with van der Waals surface area (Å²) in [5.74, 6) is 0.708. The molecule has 0 saturated carbocycles. The van der Waals surface area contributed by atoms with Crippen molar-refractivity contribution < 1.29 is 13.2 Å². The first-order chi connectivity index (χ1) is 9.90. The van der Waals surface area contributed by atoms with E-state index in [1.165, 1.54) is 23.4 Å². The fraction of sp³-hybridized carbons (Fsp3) is 0.250. The van der Waals surface area contributed by atoms with Gasteiger partial charge in [0, 0.05) is 17.2 Å². The molecule has 21 heavy (non-hydrogen) atoms. The van der Waals surface area contributed by atoms with Crippen LogP contribution in [0.4, 0.5) is 13.2 Å². The predicted molar refractivity (Wildman–Crippen MR) is 80.1 cm³/mol. The zero-order chi connectivity index (χ0) is 15.5. The minimum atomic E-state index is -4.33. The van der Waals surface area contributed by atoms with E-state index in [0.717, 1.165) is 22.6 Å². The molecule has 0 aromatic heterocycles. The molecule has 0 amide bonds. The van der Waals surface area contributed by atoms with Gasteiger partial charge in [-0.15, -0.1) is 11.8 Å². The molecule has 5 heteroatoms. The monoisotopic (exact) mass is 311 g/mol. The van der Waals surface area contributed by atoms with E-state index < -0.39 is 11.7 Å². The fourth-order valence-electron chi connectivity index (χ4n) is 2.02. The van der Waals surface area contributed by atoms with Gasteiger partial charge in [0.25, 0.3) is 0 Å². The highest BCUT2D eigenvalue weighted by Crippen LogP contribution is 2.34. The molecule has 0 radical (unpaired) electrons. The zero-order valence-corrected chi connectivity index (χ0v) is 12.4. The topological polar surface area (TPSA) is 26.0 Å². The molecule has 0 atom stereocenters. The van der Waals surface area contributed by atoms with E-state index in [0.29, 0.717) is 11.3 Å². The van der Waals surface area contributed by atoms with Crippen molar-refractivity contribution in [2.75, 3.05) is 0 Å². The van der Waals surface area contributed by atoms with Gasteiger partial charge in [-0.1, -0.05) is 29.8 Å². The number of hydrogen-bond donors (Lipinski definition) is 1. The first-order valence-electron chi connectivity index (χ1n) is 6.48. The number of hydrogen-bond acceptors (Lipinski definition) is 2. The van der Waals surface area contributed by atoms with Crippen LogP contribution < -0.4 is 5.73 Å². The van der Waals surface area contributed by atoms with Crippen molar-refractivity contribution in [2.24, 2.45) is 5.73 Å². The molecule has 2 aromatic rings. The molecule has 0 saturated heterocycles. The molecule has 112 valence electrons. The summed E-state index contributed by atoms with van der Waals surface area (Å²) in [7, 11) is 0. The molecule has 0 aliphatic rings. The summed E-state index contributed by atoms with van der Waals surface area (Å²) in [5, 5.41) is 0. The molecular weight excluding hydrogens is 295 g/mol. The first-order valence-corrected chi connectivity index (χ1v) is 7.47. The Bertz CT molecular complexity index is 623. The molecule has 0 fully saturated rings. The molecule has 2 aromatic carbocycles. The van der Waals surface area contributed by atoms with Gasteiger partial charge in [-0.2, -0.15) is 13.2 Å². The van der Waals surface area contributed by atoms with E-state index in [4.69, 9.17) is 5.73 Å². The third-order valence-electron chi connectivity index (χ3n) is 3.08. The third kappa shape index (κ3) is 4.25. The van der Waals surface area contributed by atoms with Gasteiger partial charge in [-0.3, -0.25) is 0 Å². The maximum atomic E-state index is 12.7. The van der Waals surface area contributed by atoms with E-state index in [9.17, 15) is 13.2 Å². The van der Waals surface area contributed by atoms with Crippen LogP contribution in [-0.4, -0.2) is 0 Å². The van der Waals surface area contributed by atoms with E-state index in [1.54, 1.807) is 0 Å². The fourth-order valence-corrected chi connectivity index (χ4v) is 3.01. The van der Waals surface area contributed by atoms with Gasteiger partial charge in [0.05, 0.1) is 5.56 Å². The second-order valence-corrected chi connectivity index (χ2v) is 5.82. The normalized spacial score (nSPS) is 11.7.